The lowest BCUT2D eigenvalue weighted by Gasteiger charge is -2.25. The average molecular weight is 246 g/mol. The van der Waals surface area contributed by atoms with E-state index >= 15 is 0 Å². The average Bonchev–Trinajstić information content (AvgIpc) is 2.67. The Kier molecular flexibility index (Phi) is 3.76. The Balaban J connectivity index is 2.12. The maximum Gasteiger partial charge on any atom is 0.107 e. The molecule has 1 aromatic rings. The monoisotopic (exact) mass is 246 g/mol. The molecule has 0 saturated carbocycles. The molecule has 0 amide bonds. The number of thiazole rings is 1. The molecule has 1 aliphatic rings. The van der Waals surface area contributed by atoms with Crippen LogP contribution in [0.4, 0.5) is 0 Å². The SMILES string of the molecule is CC1SCCSC1c1ncc(CN)s1. The second-order valence-corrected chi connectivity index (χ2v) is 7.12. The van der Waals surface area contributed by atoms with Crippen LogP contribution in [0.3, 0.4) is 0 Å². The van der Waals surface area contributed by atoms with Crippen molar-refractivity contribution >= 4 is 34.9 Å². The van der Waals surface area contributed by atoms with Gasteiger partial charge in [0.25, 0.3) is 0 Å². The largest absolute Gasteiger partial charge is 0.326 e. The smallest absolute Gasteiger partial charge is 0.107 e. The number of nitrogens with two attached hydrogens (primary N) is 1. The lowest BCUT2D eigenvalue weighted by atomic mass is 10.3. The van der Waals surface area contributed by atoms with Crippen molar-refractivity contribution < 1.29 is 0 Å². The van der Waals surface area contributed by atoms with Crippen molar-refractivity contribution in [2.75, 3.05) is 11.5 Å². The zero-order valence-electron chi connectivity index (χ0n) is 8.10. The molecule has 1 fully saturated rings. The van der Waals surface area contributed by atoms with Gasteiger partial charge in [-0.25, -0.2) is 4.98 Å². The standard InChI is InChI=1S/C9H14N2S3/c1-6-8(13-3-2-12-6)9-11-5-7(4-10)14-9/h5-6,8H,2-4,10H2,1H3. The van der Waals surface area contributed by atoms with E-state index in [-0.39, 0.29) is 0 Å². The van der Waals surface area contributed by atoms with E-state index in [1.165, 1.54) is 21.4 Å². The molecule has 2 nitrogen and oxygen atoms in total. The van der Waals surface area contributed by atoms with Crippen LogP contribution in [0, 0.1) is 0 Å². The number of hydrogen-bond acceptors (Lipinski definition) is 5. The van der Waals surface area contributed by atoms with Crippen LogP contribution in [-0.2, 0) is 6.54 Å². The molecule has 2 unspecified atom stereocenters. The van der Waals surface area contributed by atoms with Crippen molar-refractivity contribution in [1.82, 2.24) is 4.98 Å². The quantitative estimate of drug-likeness (QED) is 0.870. The summed E-state index contributed by atoms with van der Waals surface area (Å²) in [5.74, 6) is 2.52. The maximum atomic E-state index is 5.59. The Bertz CT molecular complexity index is 300. The minimum atomic E-state index is 0.582. The number of thioether (sulfide) groups is 2. The first-order valence-corrected chi connectivity index (χ1v) is 7.60. The summed E-state index contributed by atoms with van der Waals surface area (Å²) in [5, 5.41) is 2.53. The minimum absolute atomic E-state index is 0.582. The summed E-state index contributed by atoms with van der Waals surface area (Å²) in [4.78, 5) is 5.66. The van der Waals surface area contributed by atoms with Gasteiger partial charge < -0.3 is 5.73 Å². The topological polar surface area (TPSA) is 38.9 Å². The summed E-state index contributed by atoms with van der Waals surface area (Å²) < 4.78 is 0. The van der Waals surface area contributed by atoms with Gasteiger partial charge in [0.2, 0.25) is 0 Å². The first kappa shape index (κ1) is 10.8. The summed E-state index contributed by atoms with van der Waals surface area (Å²) >= 11 is 5.86. The van der Waals surface area contributed by atoms with E-state index in [0.717, 1.165) is 0 Å². The van der Waals surface area contributed by atoms with Crippen molar-refractivity contribution in [3.63, 3.8) is 0 Å². The Morgan fingerprint density at radius 2 is 2.29 bits per heavy atom. The third kappa shape index (κ3) is 2.27. The van der Waals surface area contributed by atoms with Crippen LogP contribution < -0.4 is 5.73 Å². The van der Waals surface area contributed by atoms with Gasteiger partial charge in [0, 0.05) is 34.4 Å². The van der Waals surface area contributed by atoms with Gasteiger partial charge in [-0.15, -0.1) is 23.1 Å². The fraction of sp³-hybridized carbons (Fsp3) is 0.667. The van der Waals surface area contributed by atoms with Crippen LogP contribution in [-0.4, -0.2) is 21.7 Å². The maximum absolute atomic E-state index is 5.59. The van der Waals surface area contributed by atoms with Crippen molar-refractivity contribution in [2.24, 2.45) is 5.73 Å². The van der Waals surface area contributed by atoms with E-state index in [2.05, 4.69) is 23.7 Å². The molecule has 1 saturated heterocycles. The van der Waals surface area contributed by atoms with Crippen LogP contribution in [0.1, 0.15) is 22.1 Å². The third-order valence-corrected chi connectivity index (χ3v) is 6.55. The van der Waals surface area contributed by atoms with Crippen LogP contribution in [0.25, 0.3) is 0 Å². The molecule has 2 rings (SSSR count). The molecule has 0 aromatic carbocycles. The summed E-state index contributed by atoms with van der Waals surface area (Å²) in [6.45, 7) is 2.92. The van der Waals surface area contributed by atoms with Crippen molar-refractivity contribution in [3.05, 3.63) is 16.1 Å². The molecule has 0 spiro atoms. The van der Waals surface area contributed by atoms with E-state index < -0.39 is 0 Å². The predicted molar refractivity (Wildman–Crippen MR) is 67.1 cm³/mol. The van der Waals surface area contributed by atoms with Crippen LogP contribution in [0.2, 0.25) is 0 Å². The second kappa shape index (κ2) is 4.88. The Labute approximate surface area is 97.1 Å². The van der Waals surface area contributed by atoms with Crippen molar-refractivity contribution in [3.8, 4) is 0 Å². The number of hydrogen-bond donors (Lipinski definition) is 1. The Morgan fingerprint density at radius 3 is 2.93 bits per heavy atom. The zero-order chi connectivity index (χ0) is 9.97. The van der Waals surface area contributed by atoms with Gasteiger partial charge in [-0.3, -0.25) is 0 Å². The molecule has 2 N–H and O–H groups in total. The lowest BCUT2D eigenvalue weighted by molar-refractivity contribution is 0.895. The highest BCUT2D eigenvalue weighted by molar-refractivity contribution is 8.06. The van der Waals surface area contributed by atoms with Gasteiger partial charge in [0.1, 0.15) is 5.01 Å². The summed E-state index contributed by atoms with van der Waals surface area (Å²) in [6.07, 6.45) is 1.92. The molecule has 2 heterocycles. The highest BCUT2D eigenvalue weighted by Gasteiger charge is 2.26. The van der Waals surface area contributed by atoms with Gasteiger partial charge in [-0.1, -0.05) is 6.92 Å². The van der Waals surface area contributed by atoms with Gasteiger partial charge >= 0.3 is 0 Å². The van der Waals surface area contributed by atoms with Crippen LogP contribution in [0.15, 0.2) is 6.20 Å². The van der Waals surface area contributed by atoms with Crippen LogP contribution >= 0.6 is 34.9 Å². The zero-order valence-corrected chi connectivity index (χ0v) is 10.6. The highest BCUT2D eigenvalue weighted by Crippen LogP contribution is 2.43. The predicted octanol–water partition coefficient (Wildman–Crippen LogP) is 2.51. The van der Waals surface area contributed by atoms with Crippen LogP contribution in [0.5, 0.6) is 0 Å². The van der Waals surface area contributed by atoms with Gasteiger partial charge in [-0.05, 0) is 0 Å². The molecule has 0 bridgehead atoms. The van der Waals surface area contributed by atoms with E-state index in [4.69, 9.17) is 5.73 Å². The molecule has 5 heteroatoms. The number of nitrogens with zero attached hydrogens (tertiary/aromatic N) is 1. The molecule has 1 aliphatic heterocycles. The lowest BCUT2D eigenvalue weighted by Crippen LogP contribution is -2.15. The normalized spacial score (nSPS) is 27.9. The molecule has 1 aromatic heterocycles. The Hall–Kier alpha value is 0.290. The van der Waals surface area contributed by atoms with E-state index in [0.29, 0.717) is 17.0 Å². The first-order valence-electron chi connectivity index (χ1n) is 4.69. The molecule has 14 heavy (non-hydrogen) atoms. The van der Waals surface area contributed by atoms with E-state index in [1.54, 1.807) is 11.3 Å². The number of aromatic nitrogens is 1. The van der Waals surface area contributed by atoms with E-state index in [9.17, 15) is 0 Å². The van der Waals surface area contributed by atoms with E-state index in [1.807, 2.05) is 18.0 Å². The fourth-order valence-electron chi connectivity index (χ4n) is 1.45. The summed E-state index contributed by atoms with van der Waals surface area (Å²) in [6, 6.07) is 0. The van der Waals surface area contributed by atoms with Crippen molar-refractivity contribution in [2.45, 2.75) is 24.0 Å². The second-order valence-electron chi connectivity index (χ2n) is 3.24. The van der Waals surface area contributed by atoms with Gasteiger partial charge in [0.05, 0.1) is 5.25 Å². The molecule has 2 atom stereocenters. The first-order chi connectivity index (χ1) is 6.81. The summed E-state index contributed by atoms with van der Waals surface area (Å²) in [5.41, 5.74) is 5.59. The molecule has 0 radical (unpaired) electrons. The number of rotatable bonds is 2. The molecule has 0 aliphatic carbocycles. The Morgan fingerprint density at radius 1 is 1.50 bits per heavy atom. The molecular formula is C9H14N2S3. The van der Waals surface area contributed by atoms with Gasteiger partial charge in [-0.2, -0.15) is 11.8 Å². The van der Waals surface area contributed by atoms with Crippen molar-refractivity contribution in [1.29, 1.82) is 0 Å². The van der Waals surface area contributed by atoms with Gasteiger partial charge in [0.15, 0.2) is 0 Å². The molecular weight excluding hydrogens is 232 g/mol. The third-order valence-electron chi connectivity index (χ3n) is 2.20. The molecule has 78 valence electrons. The highest BCUT2D eigenvalue weighted by atomic mass is 32.2. The fourth-order valence-corrected chi connectivity index (χ4v) is 5.42. The summed E-state index contributed by atoms with van der Waals surface area (Å²) in [7, 11) is 0. The minimum Gasteiger partial charge on any atom is -0.326 e.